The Labute approximate surface area is 138 Å². The SMILES string of the molecule is COc1ccccc1-n1c(C)nc2c1C(=O)c1ccccc1C2=O. The molecule has 118 valence electrons. The number of nitrogens with zero attached hydrogens (tertiary/aromatic N) is 2. The van der Waals surface area contributed by atoms with E-state index in [1.807, 2.05) is 24.3 Å². The van der Waals surface area contributed by atoms with Gasteiger partial charge in [-0.3, -0.25) is 14.2 Å². The molecule has 0 amide bonds. The monoisotopic (exact) mass is 318 g/mol. The molecule has 1 aliphatic carbocycles. The van der Waals surface area contributed by atoms with Crippen LogP contribution in [0.3, 0.4) is 0 Å². The molecule has 0 unspecified atom stereocenters. The van der Waals surface area contributed by atoms with E-state index < -0.39 is 0 Å². The van der Waals surface area contributed by atoms with Crippen molar-refractivity contribution in [1.29, 1.82) is 0 Å². The predicted molar refractivity (Wildman–Crippen MR) is 88.2 cm³/mol. The van der Waals surface area contributed by atoms with Crippen molar-refractivity contribution in [2.24, 2.45) is 0 Å². The van der Waals surface area contributed by atoms with Crippen LogP contribution in [-0.2, 0) is 0 Å². The summed E-state index contributed by atoms with van der Waals surface area (Å²) in [6, 6.07) is 14.2. The highest BCUT2D eigenvalue weighted by Crippen LogP contribution is 2.32. The summed E-state index contributed by atoms with van der Waals surface area (Å²) in [6.07, 6.45) is 0. The van der Waals surface area contributed by atoms with Crippen LogP contribution in [0.15, 0.2) is 48.5 Å². The van der Waals surface area contributed by atoms with Crippen LogP contribution in [0.2, 0.25) is 0 Å². The molecule has 1 aromatic heterocycles. The quantitative estimate of drug-likeness (QED) is 0.570. The summed E-state index contributed by atoms with van der Waals surface area (Å²) >= 11 is 0. The first-order chi connectivity index (χ1) is 11.6. The van der Waals surface area contributed by atoms with E-state index in [0.29, 0.717) is 34.1 Å². The number of hydrogen-bond acceptors (Lipinski definition) is 4. The molecule has 1 aliphatic rings. The molecule has 0 aliphatic heterocycles. The van der Waals surface area contributed by atoms with Gasteiger partial charge in [-0.05, 0) is 19.1 Å². The van der Waals surface area contributed by atoms with Crippen LogP contribution in [0.25, 0.3) is 5.69 Å². The van der Waals surface area contributed by atoms with Gasteiger partial charge >= 0.3 is 0 Å². The Bertz CT molecular complexity index is 1000. The van der Waals surface area contributed by atoms with Gasteiger partial charge < -0.3 is 4.74 Å². The lowest BCUT2D eigenvalue weighted by Gasteiger charge is -2.17. The molecule has 0 bridgehead atoms. The summed E-state index contributed by atoms with van der Waals surface area (Å²) in [5.74, 6) is 0.752. The van der Waals surface area contributed by atoms with Crippen LogP contribution in [-0.4, -0.2) is 28.2 Å². The molecule has 24 heavy (non-hydrogen) atoms. The Morgan fingerprint density at radius 3 is 2.25 bits per heavy atom. The van der Waals surface area contributed by atoms with Gasteiger partial charge in [-0.2, -0.15) is 0 Å². The number of aryl methyl sites for hydroxylation is 1. The Balaban J connectivity index is 2.03. The molecule has 5 heteroatoms. The number of carbonyl (C=O) groups is 2. The summed E-state index contributed by atoms with van der Waals surface area (Å²) in [4.78, 5) is 30.1. The average molecular weight is 318 g/mol. The third-order valence-corrected chi connectivity index (χ3v) is 4.22. The number of ketones is 2. The lowest BCUT2D eigenvalue weighted by atomic mass is 9.90. The average Bonchev–Trinajstić information content (AvgIpc) is 2.97. The molecule has 3 aromatic rings. The zero-order valence-corrected chi connectivity index (χ0v) is 13.2. The fraction of sp³-hybridized carbons (Fsp3) is 0.105. The van der Waals surface area contributed by atoms with Crippen LogP contribution in [0.1, 0.15) is 37.9 Å². The van der Waals surface area contributed by atoms with Gasteiger partial charge in [-0.1, -0.05) is 36.4 Å². The lowest BCUT2D eigenvalue weighted by Crippen LogP contribution is -2.23. The van der Waals surface area contributed by atoms with Crippen LogP contribution in [0, 0.1) is 6.92 Å². The van der Waals surface area contributed by atoms with Crippen LogP contribution in [0.4, 0.5) is 0 Å². The highest BCUT2D eigenvalue weighted by Gasteiger charge is 2.35. The molecular weight excluding hydrogens is 304 g/mol. The molecule has 0 saturated carbocycles. The van der Waals surface area contributed by atoms with Crippen molar-refractivity contribution in [3.8, 4) is 11.4 Å². The van der Waals surface area contributed by atoms with Crippen molar-refractivity contribution in [2.75, 3.05) is 7.11 Å². The number of fused-ring (bicyclic) bond motifs is 2. The number of para-hydroxylation sites is 2. The minimum absolute atomic E-state index is 0.196. The van der Waals surface area contributed by atoms with Crippen LogP contribution < -0.4 is 4.74 Å². The second kappa shape index (κ2) is 5.16. The van der Waals surface area contributed by atoms with Crippen LogP contribution in [0.5, 0.6) is 5.75 Å². The van der Waals surface area contributed by atoms with E-state index in [-0.39, 0.29) is 17.3 Å². The van der Waals surface area contributed by atoms with E-state index in [1.54, 1.807) is 42.9 Å². The number of ether oxygens (including phenoxy) is 1. The topological polar surface area (TPSA) is 61.2 Å². The zero-order chi connectivity index (χ0) is 16.8. The molecule has 0 spiro atoms. The molecule has 0 fully saturated rings. The van der Waals surface area contributed by atoms with Crippen molar-refractivity contribution in [3.63, 3.8) is 0 Å². The third-order valence-electron chi connectivity index (χ3n) is 4.22. The van der Waals surface area contributed by atoms with Gasteiger partial charge in [-0.25, -0.2) is 4.98 Å². The van der Waals surface area contributed by atoms with Gasteiger partial charge in [0.15, 0.2) is 0 Å². The van der Waals surface area contributed by atoms with Crippen molar-refractivity contribution >= 4 is 11.6 Å². The number of methoxy groups -OCH3 is 1. The van der Waals surface area contributed by atoms with Crippen molar-refractivity contribution in [1.82, 2.24) is 9.55 Å². The fourth-order valence-corrected chi connectivity index (χ4v) is 3.14. The highest BCUT2D eigenvalue weighted by atomic mass is 16.5. The van der Waals surface area contributed by atoms with Crippen molar-refractivity contribution < 1.29 is 14.3 Å². The van der Waals surface area contributed by atoms with E-state index in [1.165, 1.54) is 0 Å². The number of carbonyl (C=O) groups excluding carboxylic acids is 2. The number of rotatable bonds is 2. The Hall–Kier alpha value is -3.21. The smallest absolute Gasteiger partial charge is 0.214 e. The zero-order valence-electron chi connectivity index (χ0n) is 13.2. The fourth-order valence-electron chi connectivity index (χ4n) is 3.14. The molecule has 0 saturated heterocycles. The van der Waals surface area contributed by atoms with Crippen molar-refractivity contribution in [3.05, 3.63) is 76.9 Å². The van der Waals surface area contributed by atoms with Gasteiger partial charge in [0.2, 0.25) is 11.6 Å². The van der Waals surface area contributed by atoms with Gasteiger partial charge in [0, 0.05) is 11.1 Å². The van der Waals surface area contributed by atoms with E-state index in [2.05, 4.69) is 4.98 Å². The Morgan fingerprint density at radius 2 is 1.54 bits per heavy atom. The highest BCUT2D eigenvalue weighted by molar-refractivity contribution is 6.27. The van der Waals surface area contributed by atoms with Gasteiger partial charge in [-0.15, -0.1) is 0 Å². The lowest BCUT2D eigenvalue weighted by molar-refractivity contribution is 0.0972. The standard InChI is InChI=1S/C19H14N2O3/c1-11-20-16-17(21(11)14-9-5-6-10-15(14)24-2)19(23)13-8-4-3-7-12(13)18(16)22/h3-10H,1-2H3. The van der Waals surface area contributed by atoms with E-state index >= 15 is 0 Å². The Morgan fingerprint density at radius 1 is 0.917 bits per heavy atom. The number of aromatic nitrogens is 2. The van der Waals surface area contributed by atoms with E-state index in [4.69, 9.17) is 4.74 Å². The minimum Gasteiger partial charge on any atom is -0.495 e. The molecule has 4 rings (SSSR count). The number of imidazole rings is 1. The third kappa shape index (κ3) is 1.84. The summed E-state index contributed by atoms with van der Waals surface area (Å²) in [5.41, 5.74) is 1.99. The molecular formula is C19H14N2O3. The van der Waals surface area contributed by atoms with E-state index in [9.17, 15) is 9.59 Å². The maximum atomic E-state index is 13.0. The maximum Gasteiger partial charge on any atom is 0.214 e. The number of hydrogen-bond donors (Lipinski definition) is 0. The summed E-state index contributed by atoms with van der Waals surface area (Å²) < 4.78 is 7.10. The molecule has 1 heterocycles. The molecule has 0 N–H and O–H groups in total. The normalized spacial score (nSPS) is 12.8. The maximum absolute atomic E-state index is 13.0. The predicted octanol–water partition coefficient (Wildman–Crippen LogP) is 2.96. The van der Waals surface area contributed by atoms with Gasteiger partial charge in [0.05, 0.1) is 12.8 Å². The second-order valence-corrected chi connectivity index (χ2v) is 5.57. The summed E-state index contributed by atoms with van der Waals surface area (Å²) in [6.45, 7) is 1.77. The first-order valence-corrected chi connectivity index (χ1v) is 7.54. The Kier molecular flexibility index (Phi) is 3.09. The largest absolute Gasteiger partial charge is 0.495 e. The summed E-state index contributed by atoms with van der Waals surface area (Å²) in [7, 11) is 1.57. The number of benzene rings is 2. The van der Waals surface area contributed by atoms with E-state index in [0.717, 1.165) is 0 Å². The minimum atomic E-state index is -0.225. The molecule has 2 aromatic carbocycles. The molecule has 0 radical (unpaired) electrons. The molecule has 0 atom stereocenters. The van der Waals surface area contributed by atoms with Gasteiger partial charge in [0.25, 0.3) is 0 Å². The first kappa shape index (κ1) is 14.4. The summed E-state index contributed by atoms with van der Waals surface area (Å²) in [5, 5.41) is 0. The van der Waals surface area contributed by atoms with Crippen LogP contribution >= 0.6 is 0 Å². The van der Waals surface area contributed by atoms with Gasteiger partial charge in [0.1, 0.15) is 23.0 Å². The second-order valence-electron chi connectivity index (χ2n) is 5.57. The molecule has 5 nitrogen and oxygen atoms in total. The van der Waals surface area contributed by atoms with Crippen molar-refractivity contribution in [2.45, 2.75) is 6.92 Å². The first-order valence-electron chi connectivity index (χ1n) is 7.54.